The van der Waals surface area contributed by atoms with Gasteiger partial charge >= 0.3 is 0 Å². The molecule has 2 aliphatic rings. The van der Waals surface area contributed by atoms with Gasteiger partial charge in [0, 0.05) is 11.6 Å². The molecule has 106 valence electrons. The third kappa shape index (κ3) is 2.91. The Labute approximate surface area is 113 Å². The first-order chi connectivity index (χ1) is 8.68. The minimum atomic E-state index is 0.239. The van der Waals surface area contributed by atoms with Crippen LogP contribution in [0, 0.1) is 5.92 Å². The molecular formula is C16H32N2. The molecule has 2 N–H and O–H groups in total. The van der Waals surface area contributed by atoms with Gasteiger partial charge in [-0.3, -0.25) is 4.90 Å². The fraction of sp³-hybridized carbons (Fsp3) is 1.00. The van der Waals surface area contributed by atoms with Crippen molar-refractivity contribution in [2.45, 2.75) is 83.2 Å². The van der Waals surface area contributed by atoms with Crippen molar-refractivity contribution in [1.29, 1.82) is 0 Å². The molecule has 2 heteroatoms. The molecule has 0 aromatic heterocycles. The van der Waals surface area contributed by atoms with Crippen LogP contribution in [-0.4, -0.2) is 29.6 Å². The second-order valence-electron chi connectivity index (χ2n) is 6.68. The van der Waals surface area contributed by atoms with Gasteiger partial charge in [-0.25, -0.2) is 0 Å². The molecule has 0 bridgehead atoms. The molecule has 18 heavy (non-hydrogen) atoms. The predicted molar refractivity (Wildman–Crippen MR) is 78.7 cm³/mol. The molecule has 0 aromatic carbocycles. The van der Waals surface area contributed by atoms with E-state index >= 15 is 0 Å². The molecule has 2 rings (SSSR count). The molecule has 2 atom stereocenters. The highest BCUT2D eigenvalue weighted by molar-refractivity contribution is 4.99. The summed E-state index contributed by atoms with van der Waals surface area (Å²) in [5, 5.41) is 0. The van der Waals surface area contributed by atoms with Crippen LogP contribution in [-0.2, 0) is 0 Å². The largest absolute Gasteiger partial charge is 0.326 e. The SMILES string of the molecule is CCC(C)(C(N)C1CCCCC1)N1CCCCC1. The maximum Gasteiger partial charge on any atom is 0.0332 e. The highest BCUT2D eigenvalue weighted by atomic mass is 15.2. The molecule has 0 radical (unpaired) electrons. The summed E-state index contributed by atoms with van der Waals surface area (Å²) in [5.41, 5.74) is 6.97. The fourth-order valence-corrected chi connectivity index (χ4v) is 4.08. The van der Waals surface area contributed by atoms with Crippen molar-refractivity contribution in [3.63, 3.8) is 0 Å². The van der Waals surface area contributed by atoms with E-state index in [9.17, 15) is 0 Å². The van der Waals surface area contributed by atoms with E-state index in [1.54, 1.807) is 0 Å². The predicted octanol–water partition coefficient (Wildman–Crippen LogP) is 3.55. The van der Waals surface area contributed by atoms with E-state index in [0.29, 0.717) is 6.04 Å². The van der Waals surface area contributed by atoms with Crippen molar-refractivity contribution < 1.29 is 0 Å². The van der Waals surface area contributed by atoms with Crippen molar-refractivity contribution in [3.8, 4) is 0 Å². The summed E-state index contributed by atoms with van der Waals surface area (Å²) in [6, 6.07) is 0.376. The van der Waals surface area contributed by atoms with Gasteiger partial charge in [0.25, 0.3) is 0 Å². The number of rotatable bonds is 4. The smallest absolute Gasteiger partial charge is 0.0332 e. The Bertz CT molecular complexity index is 241. The topological polar surface area (TPSA) is 29.3 Å². The molecule has 2 nitrogen and oxygen atoms in total. The molecule has 1 saturated carbocycles. The Kier molecular flexibility index (Phi) is 5.08. The van der Waals surface area contributed by atoms with E-state index in [2.05, 4.69) is 18.7 Å². The highest BCUT2D eigenvalue weighted by Crippen LogP contribution is 2.35. The van der Waals surface area contributed by atoms with E-state index < -0.39 is 0 Å². The third-order valence-electron chi connectivity index (χ3n) is 5.67. The maximum absolute atomic E-state index is 6.73. The second-order valence-corrected chi connectivity index (χ2v) is 6.68. The van der Waals surface area contributed by atoms with Gasteiger partial charge in [0.05, 0.1) is 0 Å². The Morgan fingerprint density at radius 3 is 2.17 bits per heavy atom. The summed E-state index contributed by atoms with van der Waals surface area (Å²) in [7, 11) is 0. The summed E-state index contributed by atoms with van der Waals surface area (Å²) in [6.07, 6.45) is 12.3. The third-order valence-corrected chi connectivity index (χ3v) is 5.67. The Morgan fingerprint density at radius 1 is 1.06 bits per heavy atom. The number of hydrogen-bond acceptors (Lipinski definition) is 2. The van der Waals surface area contributed by atoms with Crippen LogP contribution in [0.25, 0.3) is 0 Å². The van der Waals surface area contributed by atoms with Crippen LogP contribution in [0.3, 0.4) is 0 Å². The number of piperidine rings is 1. The van der Waals surface area contributed by atoms with Gasteiger partial charge in [0.2, 0.25) is 0 Å². The van der Waals surface area contributed by atoms with Crippen LogP contribution in [0.4, 0.5) is 0 Å². The minimum Gasteiger partial charge on any atom is -0.326 e. The summed E-state index contributed by atoms with van der Waals surface area (Å²) >= 11 is 0. The zero-order chi connectivity index (χ0) is 13.0. The van der Waals surface area contributed by atoms with Crippen LogP contribution in [0.2, 0.25) is 0 Å². The molecule has 2 unspecified atom stereocenters. The van der Waals surface area contributed by atoms with Gasteiger partial charge in [0.1, 0.15) is 0 Å². The molecule has 2 fully saturated rings. The van der Waals surface area contributed by atoms with Crippen LogP contribution in [0.15, 0.2) is 0 Å². The minimum absolute atomic E-state index is 0.239. The first-order valence-electron chi connectivity index (χ1n) is 8.19. The van der Waals surface area contributed by atoms with Crippen molar-refractivity contribution >= 4 is 0 Å². The molecule has 0 amide bonds. The van der Waals surface area contributed by atoms with Gasteiger partial charge in [-0.1, -0.05) is 32.6 Å². The number of likely N-dealkylation sites (tertiary alicyclic amines) is 1. The van der Waals surface area contributed by atoms with Crippen LogP contribution >= 0.6 is 0 Å². The summed E-state index contributed by atoms with van der Waals surface area (Å²) in [5.74, 6) is 0.769. The molecule has 1 saturated heterocycles. The van der Waals surface area contributed by atoms with E-state index in [-0.39, 0.29) is 5.54 Å². The summed E-state index contributed by atoms with van der Waals surface area (Å²) < 4.78 is 0. The second kappa shape index (κ2) is 6.38. The number of hydrogen-bond donors (Lipinski definition) is 1. The first kappa shape index (κ1) is 14.3. The average Bonchev–Trinajstić information content (AvgIpc) is 2.47. The molecule has 0 aromatic rings. The van der Waals surface area contributed by atoms with Crippen molar-refractivity contribution in [2.24, 2.45) is 11.7 Å². The molecule has 1 aliphatic carbocycles. The quantitative estimate of drug-likeness (QED) is 0.829. The molecule has 1 heterocycles. The number of nitrogens with two attached hydrogens (primary N) is 1. The molecule has 1 aliphatic heterocycles. The Balaban J connectivity index is 2.03. The maximum atomic E-state index is 6.73. The average molecular weight is 252 g/mol. The van der Waals surface area contributed by atoms with Crippen molar-refractivity contribution in [3.05, 3.63) is 0 Å². The highest BCUT2D eigenvalue weighted by Gasteiger charge is 2.40. The Morgan fingerprint density at radius 2 is 1.61 bits per heavy atom. The fourth-order valence-electron chi connectivity index (χ4n) is 4.08. The van der Waals surface area contributed by atoms with E-state index in [1.165, 1.54) is 70.9 Å². The van der Waals surface area contributed by atoms with Gasteiger partial charge in [-0.15, -0.1) is 0 Å². The molecule has 0 spiro atoms. The van der Waals surface area contributed by atoms with Crippen molar-refractivity contribution in [2.75, 3.05) is 13.1 Å². The van der Waals surface area contributed by atoms with Crippen molar-refractivity contribution in [1.82, 2.24) is 4.90 Å². The zero-order valence-corrected chi connectivity index (χ0v) is 12.5. The summed E-state index contributed by atoms with van der Waals surface area (Å²) in [4.78, 5) is 2.70. The van der Waals surface area contributed by atoms with Crippen LogP contribution < -0.4 is 5.73 Å². The lowest BCUT2D eigenvalue weighted by Crippen LogP contribution is -2.61. The lowest BCUT2D eigenvalue weighted by Gasteiger charge is -2.49. The van der Waals surface area contributed by atoms with E-state index in [1.807, 2.05) is 0 Å². The van der Waals surface area contributed by atoms with E-state index in [4.69, 9.17) is 5.73 Å². The Hall–Kier alpha value is -0.0800. The van der Waals surface area contributed by atoms with Gasteiger partial charge in [-0.05, 0) is 58.0 Å². The lowest BCUT2D eigenvalue weighted by atomic mass is 9.73. The zero-order valence-electron chi connectivity index (χ0n) is 12.5. The summed E-state index contributed by atoms with van der Waals surface area (Å²) in [6.45, 7) is 7.30. The normalized spacial score (nSPS) is 28.8. The van der Waals surface area contributed by atoms with Gasteiger partial charge in [0.15, 0.2) is 0 Å². The lowest BCUT2D eigenvalue weighted by molar-refractivity contribution is 0.0302. The molecular weight excluding hydrogens is 220 g/mol. The van der Waals surface area contributed by atoms with Gasteiger partial charge in [-0.2, -0.15) is 0 Å². The first-order valence-corrected chi connectivity index (χ1v) is 8.19. The van der Waals surface area contributed by atoms with E-state index in [0.717, 1.165) is 5.92 Å². The monoisotopic (exact) mass is 252 g/mol. The van der Waals surface area contributed by atoms with Crippen LogP contribution in [0.5, 0.6) is 0 Å². The number of nitrogens with zero attached hydrogens (tertiary/aromatic N) is 1. The van der Waals surface area contributed by atoms with Crippen LogP contribution in [0.1, 0.15) is 71.6 Å². The standard InChI is InChI=1S/C16H32N2/c1-3-16(2,18-12-8-5-9-13-18)15(17)14-10-6-4-7-11-14/h14-15H,3-13,17H2,1-2H3. The van der Waals surface area contributed by atoms with Gasteiger partial charge < -0.3 is 5.73 Å².